The molecule has 0 aromatic rings. The van der Waals surface area contributed by atoms with Crippen molar-refractivity contribution in [3.63, 3.8) is 0 Å². The summed E-state index contributed by atoms with van der Waals surface area (Å²) in [7, 11) is 1.24. The highest BCUT2D eigenvalue weighted by atomic mass is 31.2. The number of carbonyl (C=O) groups excluding carboxylic acids is 1. The number of hydrogen-bond acceptors (Lipinski definition) is 6. The molecule has 8 nitrogen and oxygen atoms in total. The van der Waals surface area contributed by atoms with Crippen LogP contribution in [-0.4, -0.2) is 68.5 Å². The number of likely N-dealkylation sites (N-methyl/N-ethyl adjacent to an activating group) is 1. The maximum Gasteiger partial charge on any atom is 0.268 e. The maximum atomic E-state index is 12.8. The van der Waals surface area contributed by atoms with Crippen molar-refractivity contribution in [3.8, 4) is 0 Å². The van der Waals surface area contributed by atoms with Crippen LogP contribution in [0, 0.1) is 0 Å². The van der Waals surface area contributed by atoms with Gasteiger partial charge in [0.1, 0.15) is 13.2 Å². The fourth-order valence-electron chi connectivity index (χ4n) is 5.06. The van der Waals surface area contributed by atoms with Crippen LogP contribution in [0.5, 0.6) is 0 Å². The van der Waals surface area contributed by atoms with Crippen molar-refractivity contribution >= 4 is 13.7 Å². The molecule has 0 aliphatic rings. The van der Waals surface area contributed by atoms with Gasteiger partial charge in [0.25, 0.3) is 7.82 Å². The van der Waals surface area contributed by atoms with E-state index in [1.807, 2.05) is 33.3 Å². The Kier molecular flexibility index (Phi) is 32.4. The number of allylic oxidation sites excluding steroid dienone is 12. The molecule has 3 unspecified atom stereocenters. The fourth-order valence-corrected chi connectivity index (χ4v) is 5.78. The summed E-state index contributed by atoms with van der Waals surface area (Å²) in [6.07, 6.45) is 43.5. The second-order valence-electron chi connectivity index (χ2n) is 14.3. The molecule has 0 bridgehead atoms. The summed E-state index contributed by atoms with van der Waals surface area (Å²) in [5, 5.41) is 13.7. The summed E-state index contributed by atoms with van der Waals surface area (Å²) in [6, 6.07) is -0.842. The molecular formula is C42H75N2O6P. The van der Waals surface area contributed by atoms with E-state index >= 15 is 0 Å². The van der Waals surface area contributed by atoms with Gasteiger partial charge in [-0.3, -0.25) is 9.36 Å². The molecule has 0 saturated carbocycles. The van der Waals surface area contributed by atoms with Gasteiger partial charge in [-0.05, 0) is 51.4 Å². The van der Waals surface area contributed by atoms with E-state index in [0.29, 0.717) is 23.9 Å². The number of unbranched alkanes of at least 4 members (excludes halogenated alkanes) is 9. The molecule has 0 fully saturated rings. The summed E-state index contributed by atoms with van der Waals surface area (Å²) in [5.41, 5.74) is 0. The first-order valence-corrected chi connectivity index (χ1v) is 21.2. The molecule has 3 atom stereocenters. The van der Waals surface area contributed by atoms with Gasteiger partial charge in [-0.2, -0.15) is 0 Å². The average Bonchev–Trinajstić information content (AvgIpc) is 3.07. The zero-order valence-corrected chi connectivity index (χ0v) is 33.9. The highest BCUT2D eigenvalue weighted by Gasteiger charge is 2.24. The summed E-state index contributed by atoms with van der Waals surface area (Å²) < 4.78 is 23.1. The SMILES string of the molecule is CC/C=C\C/C=C\C/C=C\C/C=C\C/C=C\C/C=C\CCC(=O)NC(COP(=O)([O-])OCC[N+](C)(C)C)C(O)CCCCCCCCCCCC. The number of aliphatic hydroxyl groups excluding tert-OH is 1. The zero-order valence-electron chi connectivity index (χ0n) is 33.0. The molecule has 2 N–H and O–H groups in total. The number of hydrogen-bond donors (Lipinski definition) is 2. The van der Waals surface area contributed by atoms with Crippen molar-refractivity contribution in [1.29, 1.82) is 0 Å². The Bertz CT molecular complexity index is 1060. The van der Waals surface area contributed by atoms with E-state index in [9.17, 15) is 19.4 Å². The van der Waals surface area contributed by atoms with Crippen LogP contribution in [0.2, 0.25) is 0 Å². The first kappa shape index (κ1) is 48.9. The minimum Gasteiger partial charge on any atom is -0.756 e. The molecule has 0 spiro atoms. The number of aliphatic hydroxyl groups is 1. The fraction of sp³-hybridized carbons (Fsp3) is 0.690. The van der Waals surface area contributed by atoms with Gasteiger partial charge in [0.15, 0.2) is 0 Å². The maximum absolute atomic E-state index is 12.8. The van der Waals surface area contributed by atoms with E-state index in [0.717, 1.165) is 57.8 Å². The second kappa shape index (κ2) is 33.8. The van der Waals surface area contributed by atoms with Crippen LogP contribution >= 0.6 is 7.82 Å². The Hall–Kier alpha value is -2.06. The van der Waals surface area contributed by atoms with Crippen LogP contribution in [0.3, 0.4) is 0 Å². The predicted molar refractivity (Wildman–Crippen MR) is 214 cm³/mol. The molecule has 9 heteroatoms. The van der Waals surface area contributed by atoms with Crippen LogP contribution in [0.15, 0.2) is 72.9 Å². The lowest BCUT2D eigenvalue weighted by atomic mass is 10.0. The number of amides is 1. The molecule has 0 aromatic carbocycles. The first-order valence-electron chi connectivity index (χ1n) is 19.8. The van der Waals surface area contributed by atoms with E-state index in [-0.39, 0.29) is 25.5 Å². The smallest absolute Gasteiger partial charge is 0.268 e. The lowest BCUT2D eigenvalue weighted by Gasteiger charge is -2.30. The van der Waals surface area contributed by atoms with Gasteiger partial charge < -0.3 is 28.8 Å². The van der Waals surface area contributed by atoms with Crippen LogP contribution < -0.4 is 10.2 Å². The second-order valence-corrected chi connectivity index (χ2v) is 15.7. The number of phosphoric acid groups is 1. The standard InChI is InChI=1S/C42H75N2O6P/c1-6-8-10-12-14-16-18-19-20-21-22-23-24-25-26-28-30-32-34-36-42(46)43-40(39-50-51(47,48)49-38-37-44(3,4)5)41(45)35-33-31-29-27-17-15-13-11-9-7-2/h8,10,14,16,19-20,22-23,25-26,30,32,40-41,45H,6-7,9,11-13,15,17-18,21,24,27-29,31,33-39H2,1-5H3,(H-,43,46,47,48)/b10-8-,16-14-,20-19-,23-22-,26-25-,32-30-. The molecule has 0 saturated heterocycles. The first-order chi connectivity index (χ1) is 24.5. The molecule has 1 amide bonds. The number of rotatable bonds is 34. The van der Waals surface area contributed by atoms with Gasteiger partial charge in [0.05, 0.1) is 39.9 Å². The average molecular weight is 735 g/mol. The molecule has 0 heterocycles. The third kappa shape index (κ3) is 36.1. The van der Waals surface area contributed by atoms with E-state index in [4.69, 9.17) is 9.05 Å². The zero-order chi connectivity index (χ0) is 37.9. The van der Waals surface area contributed by atoms with Crippen molar-refractivity contribution in [2.24, 2.45) is 0 Å². The number of quaternary nitrogens is 1. The van der Waals surface area contributed by atoms with Gasteiger partial charge in [0.2, 0.25) is 5.91 Å². The molecule has 0 rings (SSSR count). The summed E-state index contributed by atoms with van der Waals surface area (Å²) >= 11 is 0. The van der Waals surface area contributed by atoms with Crippen molar-refractivity contribution in [1.82, 2.24) is 5.32 Å². The van der Waals surface area contributed by atoms with E-state index in [1.165, 1.54) is 44.9 Å². The Balaban J connectivity index is 4.57. The normalized spacial score (nSPS) is 15.4. The Morgan fingerprint density at radius 3 is 1.63 bits per heavy atom. The molecule has 0 aliphatic carbocycles. The van der Waals surface area contributed by atoms with E-state index in [2.05, 4.69) is 79.9 Å². The van der Waals surface area contributed by atoms with Gasteiger partial charge in [0, 0.05) is 6.42 Å². The van der Waals surface area contributed by atoms with Crippen LogP contribution in [0.4, 0.5) is 0 Å². The molecule has 294 valence electrons. The minimum atomic E-state index is -4.58. The Morgan fingerprint density at radius 1 is 0.706 bits per heavy atom. The van der Waals surface area contributed by atoms with E-state index in [1.54, 1.807) is 0 Å². The molecule has 0 radical (unpaired) electrons. The molecule has 51 heavy (non-hydrogen) atoms. The predicted octanol–water partition coefficient (Wildman–Crippen LogP) is 9.83. The third-order valence-electron chi connectivity index (χ3n) is 8.22. The quantitative estimate of drug-likeness (QED) is 0.0295. The minimum absolute atomic E-state index is 0.00554. The van der Waals surface area contributed by atoms with Crippen molar-refractivity contribution in [3.05, 3.63) is 72.9 Å². The van der Waals surface area contributed by atoms with Crippen LogP contribution in [-0.2, 0) is 18.4 Å². The highest BCUT2D eigenvalue weighted by Crippen LogP contribution is 2.38. The third-order valence-corrected chi connectivity index (χ3v) is 9.19. The van der Waals surface area contributed by atoms with Crippen LogP contribution in [0.1, 0.15) is 136 Å². The number of nitrogens with zero attached hydrogens (tertiary/aromatic N) is 1. The topological polar surface area (TPSA) is 108 Å². The van der Waals surface area contributed by atoms with Gasteiger partial charge in [-0.1, -0.05) is 151 Å². The van der Waals surface area contributed by atoms with Crippen molar-refractivity contribution in [2.75, 3.05) is 40.9 Å². The van der Waals surface area contributed by atoms with Gasteiger partial charge in [-0.25, -0.2) is 0 Å². The summed E-state index contributed by atoms with van der Waals surface area (Å²) in [5.74, 6) is -0.253. The Morgan fingerprint density at radius 2 is 1.16 bits per heavy atom. The molecular weight excluding hydrogens is 659 g/mol. The van der Waals surface area contributed by atoms with Crippen LogP contribution in [0.25, 0.3) is 0 Å². The number of nitrogens with one attached hydrogen (secondary N) is 1. The van der Waals surface area contributed by atoms with Gasteiger partial charge in [-0.15, -0.1) is 0 Å². The van der Waals surface area contributed by atoms with Gasteiger partial charge >= 0.3 is 0 Å². The largest absolute Gasteiger partial charge is 0.756 e. The monoisotopic (exact) mass is 735 g/mol. The molecule has 0 aliphatic heterocycles. The Labute approximate surface area is 313 Å². The van der Waals surface area contributed by atoms with Crippen molar-refractivity contribution < 1.29 is 32.9 Å². The summed E-state index contributed by atoms with van der Waals surface area (Å²) in [4.78, 5) is 25.2. The number of carbonyl (C=O) groups is 1. The molecule has 0 aromatic heterocycles. The lowest BCUT2D eigenvalue weighted by Crippen LogP contribution is -2.46. The lowest BCUT2D eigenvalue weighted by molar-refractivity contribution is -0.870. The van der Waals surface area contributed by atoms with Crippen molar-refractivity contribution in [2.45, 2.75) is 148 Å². The number of phosphoric ester groups is 1. The summed E-state index contributed by atoms with van der Waals surface area (Å²) in [6.45, 7) is 4.49. The van der Waals surface area contributed by atoms with E-state index < -0.39 is 20.0 Å². The highest BCUT2D eigenvalue weighted by molar-refractivity contribution is 7.45.